The Balaban J connectivity index is 1.93. The minimum absolute atomic E-state index is 0.0156. The second-order valence-corrected chi connectivity index (χ2v) is 6.21. The second-order valence-electron chi connectivity index (χ2n) is 5.78. The van der Waals surface area contributed by atoms with E-state index in [9.17, 15) is 4.79 Å². The maximum Gasteiger partial charge on any atom is 0.263 e. The molecule has 1 amide bonds. The zero-order valence-electron chi connectivity index (χ0n) is 12.9. The van der Waals surface area contributed by atoms with E-state index in [1.807, 2.05) is 13.0 Å². The molecule has 1 N–H and O–H groups in total. The number of ether oxygens (including phenoxy) is 1. The van der Waals surface area contributed by atoms with Crippen LogP contribution in [-0.4, -0.2) is 17.6 Å². The minimum atomic E-state index is -0.974. The zero-order valence-corrected chi connectivity index (χ0v) is 13.7. The van der Waals surface area contributed by atoms with Crippen molar-refractivity contribution < 1.29 is 13.9 Å². The molecule has 0 unspecified atom stereocenters. The summed E-state index contributed by atoms with van der Waals surface area (Å²) in [6, 6.07) is 8.81. The predicted octanol–water partition coefficient (Wildman–Crippen LogP) is 3.84. The first-order valence-corrected chi connectivity index (χ1v) is 7.51. The van der Waals surface area contributed by atoms with Crippen molar-refractivity contribution in [2.24, 2.45) is 0 Å². The Hall–Kier alpha value is -1.94. The molecule has 2 aromatic rings. The van der Waals surface area contributed by atoms with Crippen LogP contribution in [0.1, 0.15) is 26.3 Å². The van der Waals surface area contributed by atoms with Gasteiger partial charge in [-0.15, -0.1) is 0 Å². The smallest absolute Gasteiger partial charge is 0.263 e. The fourth-order valence-corrected chi connectivity index (χ4v) is 2.18. The average Bonchev–Trinajstić information content (AvgIpc) is 2.93. The number of hydrogen-bond donors (Lipinski definition) is 1. The highest BCUT2D eigenvalue weighted by atomic mass is 35.5. The molecule has 1 heterocycles. The Morgan fingerprint density at radius 3 is 2.59 bits per heavy atom. The number of nitrogens with one attached hydrogen (secondary N) is 1. The van der Waals surface area contributed by atoms with Gasteiger partial charge in [0, 0.05) is 11.1 Å². The lowest BCUT2D eigenvalue weighted by atomic mass is 10.1. The molecule has 0 saturated carbocycles. The summed E-state index contributed by atoms with van der Waals surface area (Å²) in [4.78, 5) is 12.4. The fourth-order valence-electron chi connectivity index (χ4n) is 2.05. The third-order valence-electron chi connectivity index (χ3n) is 3.23. The van der Waals surface area contributed by atoms with Crippen molar-refractivity contribution in [3.05, 3.63) is 53.4 Å². The summed E-state index contributed by atoms with van der Waals surface area (Å²) < 4.78 is 10.8. The molecule has 0 aliphatic heterocycles. The largest absolute Gasteiger partial charge is 0.478 e. The Morgan fingerprint density at radius 2 is 2.00 bits per heavy atom. The number of carbonyl (C=O) groups excluding carboxylic acids is 1. The molecule has 0 aliphatic carbocycles. The van der Waals surface area contributed by atoms with Crippen LogP contribution in [0.3, 0.4) is 0 Å². The van der Waals surface area contributed by atoms with E-state index in [0.717, 1.165) is 5.56 Å². The molecule has 0 bridgehead atoms. The van der Waals surface area contributed by atoms with Crippen molar-refractivity contribution in [1.29, 1.82) is 0 Å². The van der Waals surface area contributed by atoms with Gasteiger partial charge in [-0.3, -0.25) is 4.79 Å². The molecular weight excluding hydrogens is 302 g/mol. The third-order valence-corrected chi connectivity index (χ3v) is 3.48. The summed E-state index contributed by atoms with van der Waals surface area (Å²) in [6.07, 6.45) is 4.01. The monoisotopic (exact) mass is 321 g/mol. The van der Waals surface area contributed by atoms with Crippen molar-refractivity contribution >= 4 is 17.5 Å². The van der Waals surface area contributed by atoms with Crippen molar-refractivity contribution in [1.82, 2.24) is 5.32 Å². The van der Waals surface area contributed by atoms with E-state index in [1.165, 1.54) is 0 Å². The van der Waals surface area contributed by atoms with E-state index in [4.69, 9.17) is 20.8 Å². The van der Waals surface area contributed by atoms with Crippen LogP contribution in [0.5, 0.6) is 5.75 Å². The highest BCUT2D eigenvalue weighted by Gasteiger charge is 2.30. The van der Waals surface area contributed by atoms with Crippen LogP contribution in [0.15, 0.2) is 47.3 Å². The highest BCUT2D eigenvalue weighted by molar-refractivity contribution is 6.30. The van der Waals surface area contributed by atoms with Gasteiger partial charge >= 0.3 is 0 Å². The first kappa shape index (κ1) is 16.4. The number of furan rings is 1. The van der Waals surface area contributed by atoms with Crippen LogP contribution in [-0.2, 0) is 11.2 Å². The molecule has 22 heavy (non-hydrogen) atoms. The van der Waals surface area contributed by atoms with Crippen LogP contribution in [0, 0.1) is 0 Å². The van der Waals surface area contributed by atoms with Crippen LogP contribution < -0.4 is 10.1 Å². The van der Waals surface area contributed by atoms with Gasteiger partial charge in [-0.25, -0.2) is 0 Å². The number of rotatable bonds is 6. The summed E-state index contributed by atoms with van der Waals surface area (Å²) in [5, 5.41) is 3.59. The minimum Gasteiger partial charge on any atom is -0.478 e. The van der Waals surface area contributed by atoms with Gasteiger partial charge in [-0.1, -0.05) is 11.6 Å². The van der Waals surface area contributed by atoms with Gasteiger partial charge in [0.05, 0.1) is 12.5 Å². The van der Waals surface area contributed by atoms with Crippen LogP contribution in [0.2, 0.25) is 5.02 Å². The summed E-state index contributed by atoms with van der Waals surface area (Å²) in [6.45, 7) is 5.42. The molecule has 4 nitrogen and oxygen atoms in total. The highest BCUT2D eigenvalue weighted by Crippen LogP contribution is 2.21. The number of amides is 1. The molecule has 2 rings (SSSR count). The molecule has 1 aromatic heterocycles. The van der Waals surface area contributed by atoms with Gasteiger partial charge in [-0.05, 0) is 63.1 Å². The SMILES string of the molecule is C[C@@H](Cc1ccoc1)NC(=O)C(C)(C)Oc1ccc(Cl)cc1. The van der Waals surface area contributed by atoms with E-state index < -0.39 is 5.60 Å². The van der Waals surface area contributed by atoms with Crippen molar-refractivity contribution in [3.8, 4) is 5.75 Å². The molecule has 0 saturated heterocycles. The van der Waals surface area contributed by atoms with E-state index in [0.29, 0.717) is 17.2 Å². The van der Waals surface area contributed by atoms with Crippen LogP contribution in [0.4, 0.5) is 0 Å². The lowest BCUT2D eigenvalue weighted by Crippen LogP contribution is -2.49. The number of carbonyl (C=O) groups is 1. The molecule has 0 spiro atoms. The predicted molar refractivity (Wildman–Crippen MR) is 86.2 cm³/mol. The zero-order chi connectivity index (χ0) is 16.2. The van der Waals surface area contributed by atoms with Gasteiger partial charge in [0.15, 0.2) is 5.60 Å². The van der Waals surface area contributed by atoms with E-state index in [2.05, 4.69) is 5.32 Å². The second kappa shape index (κ2) is 6.88. The maximum absolute atomic E-state index is 12.4. The normalized spacial score (nSPS) is 12.7. The van der Waals surface area contributed by atoms with Gasteiger partial charge in [0.25, 0.3) is 5.91 Å². The quantitative estimate of drug-likeness (QED) is 0.879. The standard InChI is InChI=1S/C17H20ClNO3/c1-12(10-13-8-9-21-11-13)19-16(20)17(2,3)22-15-6-4-14(18)5-7-15/h4-9,11-12H,10H2,1-3H3,(H,19,20)/t12-/m0/s1. The van der Waals surface area contributed by atoms with E-state index in [-0.39, 0.29) is 11.9 Å². The lowest BCUT2D eigenvalue weighted by Gasteiger charge is -2.27. The Kier molecular flexibility index (Phi) is 5.14. The fraction of sp³-hybridized carbons (Fsp3) is 0.353. The van der Waals surface area contributed by atoms with Gasteiger partial charge in [-0.2, -0.15) is 0 Å². The number of hydrogen-bond acceptors (Lipinski definition) is 3. The van der Waals surface area contributed by atoms with Gasteiger partial charge < -0.3 is 14.5 Å². The van der Waals surface area contributed by atoms with Crippen LogP contribution >= 0.6 is 11.6 Å². The third kappa shape index (κ3) is 4.53. The molecule has 1 aromatic carbocycles. The molecule has 5 heteroatoms. The Labute approximate surface area is 135 Å². The first-order valence-electron chi connectivity index (χ1n) is 7.13. The van der Waals surface area contributed by atoms with E-state index >= 15 is 0 Å². The summed E-state index contributed by atoms with van der Waals surface area (Å²) in [5.41, 5.74) is 0.0719. The summed E-state index contributed by atoms with van der Waals surface area (Å²) in [7, 11) is 0. The Morgan fingerprint density at radius 1 is 1.32 bits per heavy atom. The van der Waals surface area contributed by atoms with Crippen LogP contribution in [0.25, 0.3) is 0 Å². The Bertz CT molecular complexity index is 605. The lowest BCUT2D eigenvalue weighted by molar-refractivity contribution is -0.134. The van der Waals surface area contributed by atoms with Gasteiger partial charge in [0.2, 0.25) is 0 Å². The number of halogens is 1. The van der Waals surface area contributed by atoms with Crippen molar-refractivity contribution in [2.45, 2.75) is 38.8 Å². The molecule has 1 atom stereocenters. The number of benzene rings is 1. The van der Waals surface area contributed by atoms with Crippen molar-refractivity contribution in [2.75, 3.05) is 0 Å². The van der Waals surface area contributed by atoms with Gasteiger partial charge in [0.1, 0.15) is 5.75 Å². The average molecular weight is 322 g/mol. The summed E-state index contributed by atoms with van der Waals surface area (Å²) >= 11 is 5.84. The van der Waals surface area contributed by atoms with Crippen molar-refractivity contribution in [3.63, 3.8) is 0 Å². The maximum atomic E-state index is 12.4. The molecular formula is C17H20ClNO3. The summed E-state index contributed by atoms with van der Waals surface area (Å²) in [5.74, 6) is 0.436. The van der Waals surface area contributed by atoms with E-state index in [1.54, 1.807) is 50.6 Å². The first-order chi connectivity index (χ1) is 10.4. The molecule has 118 valence electrons. The molecule has 0 radical (unpaired) electrons. The topological polar surface area (TPSA) is 51.5 Å². The molecule has 0 fully saturated rings. The molecule has 0 aliphatic rings.